The van der Waals surface area contributed by atoms with Gasteiger partial charge in [0, 0.05) is 12.4 Å². The van der Waals surface area contributed by atoms with E-state index < -0.39 is 36.2 Å². The molecule has 3 heterocycles. The van der Waals surface area contributed by atoms with Crippen molar-refractivity contribution in [2.45, 2.75) is 25.9 Å². The third-order valence-electron chi connectivity index (χ3n) is 4.40. The van der Waals surface area contributed by atoms with E-state index in [0.717, 1.165) is 16.3 Å². The van der Waals surface area contributed by atoms with Crippen molar-refractivity contribution in [1.82, 2.24) is 24.8 Å². The van der Waals surface area contributed by atoms with E-state index in [1.54, 1.807) is 12.3 Å². The van der Waals surface area contributed by atoms with Crippen molar-refractivity contribution in [3.05, 3.63) is 81.4 Å². The number of pyridine rings is 2. The van der Waals surface area contributed by atoms with E-state index in [4.69, 9.17) is 11.6 Å². The second-order valence-electron chi connectivity index (χ2n) is 6.64. The summed E-state index contributed by atoms with van der Waals surface area (Å²) in [4.78, 5) is 36.5. The highest BCUT2D eigenvalue weighted by Crippen LogP contribution is 2.25. The predicted octanol–water partition coefficient (Wildman–Crippen LogP) is 2.52. The Balaban J connectivity index is 1.68. The highest BCUT2D eigenvalue weighted by atomic mass is 35.5. The van der Waals surface area contributed by atoms with Gasteiger partial charge in [-0.05, 0) is 30.7 Å². The molecule has 0 aliphatic carbocycles. The molecule has 3 aromatic heterocycles. The Kier molecular flexibility index (Phi) is 6.91. The summed E-state index contributed by atoms with van der Waals surface area (Å²) in [6, 6.07) is 7.78. The Hall–Kier alpha value is -3.40. The minimum absolute atomic E-state index is 0.101. The van der Waals surface area contributed by atoms with E-state index in [0.29, 0.717) is 5.69 Å². The number of rotatable bonds is 8. The van der Waals surface area contributed by atoms with E-state index in [-0.39, 0.29) is 17.5 Å². The molecule has 3 rings (SSSR count). The highest BCUT2D eigenvalue weighted by molar-refractivity contribution is 6.29. The van der Waals surface area contributed by atoms with Gasteiger partial charge in [-0.15, -0.1) is 0 Å². The molecule has 0 radical (unpaired) electrons. The van der Waals surface area contributed by atoms with Gasteiger partial charge in [0.25, 0.3) is 5.56 Å². The first-order chi connectivity index (χ1) is 14.8. The van der Waals surface area contributed by atoms with Gasteiger partial charge in [0.2, 0.25) is 5.91 Å². The van der Waals surface area contributed by atoms with Crippen LogP contribution in [-0.4, -0.2) is 32.0 Å². The first kappa shape index (κ1) is 22.3. The zero-order valence-corrected chi connectivity index (χ0v) is 17.2. The Bertz CT molecular complexity index is 1120. The topological polar surface area (TPSA) is 102 Å². The van der Waals surface area contributed by atoms with E-state index in [1.165, 1.54) is 24.4 Å². The maximum absolute atomic E-state index is 14.3. The van der Waals surface area contributed by atoms with Gasteiger partial charge < -0.3 is 10.6 Å². The number of anilines is 1. The molecule has 11 heteroatoms. The van der Waals surface area contributed by atoms with Gasteiger partial charge in [-0.25, -0.2) is 4.98 Å². The molecule has 0 bridgehead atoms. The number of aryl methyl sites for hydroxylation is 1. The molecule has 2 N–H and O–H groups in total. The Morgan fingerprint density at radius 1 is 1.16 bits per heavy atom. The SMILES string of the molecule is Cc1cccnc1CNC(=O)Cn1c(Cl)cnc(NCC(F)(F)c2ccccn2)c1=O. The molecule has 1 amide bonds. The number of carbonyl (C=O) groups is 1. The number of hydrogen-bond donors (Lipinski definition) is 2. The lowest BCUT2D eigenvalue weighted by Gasteiger charge is -2.17. The molecule has 0 aliphatic heterocycles. The highest BCUT2D eigenvalue weighted by Gasteiger charge is 2.33. The first-order valence-corrected chi connectivity index (χ1v) is 9.61. The second-order valence-corrected chi connectivity index (χ2v) is 7.02. The van der Waals surface area contributed by atoms with Crippen molar-refractivity contribution in [2.24, 2.45) is 0 Å². The van der Waals surface area contributed by atoms with Crippen LogP contribution >= 0.6 is 11.6 Å². The van der Waals surface area contributed by atoms with Crippen LogP contribution in [0.5, 0.6) is 0 Å². The van der Waals surface area contributed by atoms with Crippen LogP contribution in [0.15, 0.2) is 53.7 Å². The first-order valence-electron chi connectivity index (χ1n) is 9.23. The monoisotopic (exact) mass is 448 g/mol. The molecule has 0 aromatic carbocycles. The number of carbonyl (C=O) groups excluding carboxylic acids is 1. The molecule has 0 saturated heterocycles. The molecule has 0 saturated carbocycles. The zero-order chi connectivity index (χ0) is 22.4. The summed E-state index contributed by atoms with van der Waals surface area (Å²) in [6.07, 6.45) is 3.97. The predicted molar refractivity (Wildman–Crippen MR) is 111 cm³/mol. The molecule has 0 unspecified atom stereocenters. The molecule has 162 valence electrons. The van der Waals surface area contributed by atoms with E-state index in [2.05, 4.69) is 25.6 Å². The van der Waals surface area contributed by atoms with Gasteiger partial charge >= 0.3 is 5.92 Å². The summed E-state index contributed by atoms with van der Waals surface area (Å²) in [7, 11) is 0. The van der Waals surface area contributed by atoms with Crippen LogP contribution in [0.2, 0.25) is 5.15 Å². The van der Waals surface area contributed by atoms with Crippen molar-refractivity contribution in [3.63, 3.8) is 0 Å². The van der Waals surface area contributed by atoms with Crippen molar-refractivity contribution >= 4 is 23.3 Å². The summed E-state index contributed by atoms with van der Waals surface area (Å²) in [5.41, 5.74) is 0.347. The van der Waals surface area contributed by atoms with Crippen LogP contribution in [-0.2, 0) is 23.8 Å². The molecule has 3 aromatic rings. The Morgan fingerprint density at radius 3 is 2.65 bits per heavy atom. The Morgan fingerprint density at radius 2 is 1.94 bits per heavy atom. The molecule has 8 nitrogen and oxygen atoms in total. The zero-order valence-electron chi connectivity index (χ0n) is 16.5. The lowest BCUT2D eigenvalue weighted by Crippen LogP contribution is -2.35. The quantitative estimate of drug-likeness (QED) is 0.549. The van der Waals surface area contributed by atoms with Gasteiger partial charge in [-0.2, -0.15) is 8.78 Å². The van der Waals surface area contributed by atoms with Crippen LogP contribution in [0, 0.1) is 6.92 Å². The maximum Gasteiger partial charge on any atom is 0.306 e. The summed E-state index contributed by atoms with van der Waals surface area (Å²) in [5, 5.41) is 4.87. The fourth-order valence-corrected chi connectivity index (χ4v) is 2.87. The van der Waals surface area contributed by atoms with Crippen LogP contribution < -0.4 is 16.2 Å². The summed E-state index contributed by atoms with van der Waals surface area (Å²) in [5.74, 6) is -4.18. The third-order valence-corrected chi connectivity index (χ3v) is 4.70. The van der Waals surface area contributed by atoms with Gasteiger partial charge in [-0.1, -0.05) is 23.7 Å². The van der Waals surface area contributed by atoms with Gasteiger partial charge in [-0.3, -0.25) is 24.1 Å². The van der Waals surface area contributed by atoms with Crippen molar-refractivity contribution in [2.75, 3.05) is 11.9 Å². The van der Waals surface area contributed by atoms with Crippen LogP contribution in [0.3, 0.4) is 0 Å². The number of nitrogens with one attached hydrogen (secondary N) is 2. The number of nitrogens with zero attached hydrogens (tertiary/aromatic N) is 4. The van der Waals surface area contributed by atoms with Crippen LogP contribution in [0.1, 0.15) is 17.0 Å². The molecular formula is C20H19ClF2N6O2. The number of halogens is 3. The standard InChI is InChI=1S/C20H19ClF2N6O2/c1-13-5-4-8-24-14(13)9-26-17(30)11-29-16(21)10-27-18(19(29)31)28-12-20(22,23)15-6-2-3-7-25-15/h2-8,10H,9,11-12H2,1H3,(H,26,30)(H,27,28). The van der Waals surface area contributed by atoms with E-state index in [9.17, 15) is 18.4 Å². The Labute approximate surface area is 181 Å². The van der Waals surface area contributed by atoms with Gasteiger partial charge in [0.05, 0.1) is 25.0 Å². The van der Waals surface area contributed by atoms with Crippen LogP contribution in [0.4, 0.5) is 14.6 Å². The van der Waals surface area contributed by atoms with E-state index >= 15 is 0 Å². The molecule has 0 fully saturated rings. The summed E-state index contributed by atoms with van der Waals surface area (Å²) >= 11 is 6.00. The largest absolute Gasteiger partial charge is 0.359 e. The molecular weight excluding hydrogens is 430 g/mol. The molecule has 0 atom stereocenters. The fourth-order valence-electron chi connectivity index (χ4n) is 2.69. The lowest BCUT2D eigenvalue weighted by atomic mass is 10.2. The minimum atomic E-state index is -3.34. The smallest absolute Gasteiger partial charge is 0.306 e. The number of amides is 1. The fraction of sp³-hybridized carbons (Fsp3) is 0.250. The molecule has 0 spiro atoms. The van der Waals surface area contributed by atoms with Crippen molar-refractivity contribution in [3.8, 4) is 0 Å². The van der Waals surface area contributed by atoms with Gasteiger partial charge in [0.15, 0.2) is 5.82 Å². The number of hydrogen-bond acceptors (Lipinski definition) is 6. The van der Waals surface area contributed by atoms with Crippen molar-refractivity contribution in [1.29, 1.82) is 0 Å². The maximum atomic E-state index is 14.3. The summed E-state index contributed by atoms with van der Waals surface area (Å²) < 4.78 is 29.5. The van der Waals surface area contributed by atoms with Crippen LogP contribution in [0.25, 0.3) is 0 Å². The average Bonchev–Trinajstić information content (AvgIpc) is 2.76. The van der Waals surface area contributed by atoms with Crippen molar-refractivity contribution < 1.29 is 13.6 Å². The normalized spacial score (nSPS) is 11.2. The third kappa shape index (κ3) is 5.60. The van der Waals surface area contributed by atoms with Gasteiger partial charge in [0.1, 0.15) is 17.4 Å². The average molecular weight is 449 g/mol. The molecule has 0 aliphatic rings. The minimum Gasteiger partial charge on any atom is -0.359 e. The lowest BCUT2D eigenvalue weighted by molar-refractivity contribution is -0.121. The second kappa shape index (κ2) is 9.61. The number of alkyl halides is 2. The molecule has 31 heavy (non-hydrogen) atoms. The van der Waals surface area contributed by atoms with E-state index in [1.807, 2.05) is 13.0 Å². The summed E-state index contributed by atoms with van der Waals surface area (Å²) in [6.45, 7) is 0.720. The number of aromatic nitrogens is 4.